The third-order valence-electron chi connectivity index (χ3n) is 3.59. The molecule has 1 fully saturated rings. The van der Waals surface area contributed by atoms with Crippen LogP contribution in [0.3, 0.4) is 0 Å². The zero-order valence-corrected chi connectivity index (χ0v) is 12.9. The van der Waals surface area contributed by atoms with Crippen LogP contribution in [0.15, 0.2) is 0 Å². The summed E-state index contributed by atoms with van der Waals surface area (Å²) in [4.78, 5) is 15.3. The fraction of sp³-hybridized carbons (Fsp3) is 0.786. The van der Waals surface area contributed by atoms with E-state index in [1.165, 1.54) is 0 Å². The molecule has 0 radical (unpaired) electrons. The first kappa shape index (κ1) is 15.8. The van der Waals surface area contributed by atoms with Crippen molar-refractivity contribution in [2.45, 2.75) is 45.1 Å². The number of hydrogen-bond donors (Lipinski definition) is 2. The Bertz CT molecular complexity index is 443. The third-order valence-corrected chi connectivity index (χ3v) is 3.59. The predicted molar refractivity (Wildman–Crippen MR) is 81.8 cm³/mol. The Balaban J connectivity index is 2.16. The van der Waals surface area contributed by atoms with Crippen LogP contribution in [0.5, 0.6) is 6.01 Å². The van der Waals surface area contributed by atoms with Crippen molar-refractivity contribution in [1.29, 1.82) is 0 Å². The van der Waals surface area contributed by atoms with Crippen molar-refractivity contribution in [2.24, 2.45) is 0 Å². The molecule has 2 N–H and O–H groups in total. The summed E-state index contributed by atoms with van der Waals surface area (Å²) in [6, 6.07) is 0.766. The molecule has 1 aliphatic heterocycles. The lowest BCUT2D eigenvalue weighted by molar-refractivity contribution is 0.279. The Morgan fingerprint density at radius 3 is 2.95 bits per heavy atom. The van der Waals surface area contributed by atoms with Crippen LogP contribution in [0.2, 0.25) is 0 Å². The topological polar surface area (TPSA) is 83.4 Å². The second-order valence-electron chi connectivity index (χ2n) is 5.20. The van der Waals surface area contributed by atoms with E-state index in [9.17, 15) is 0 Å². The minimum absolute atomic E-state index is 0.230. The molecule has 7 heteroatoms. The molecule has 0 aromatic carbocycles. The highest BCUT2D eigenvalue weighted by molar-refractivity contribution is 5.40. The van der Waals surface area contributed by atoms with E-state index in [0.29, 0.717) is 30.6 Å². The molecule has 1 atom stereocenters. The van der Waals surface area contributed by atoms with Crippen LogP contribution in [0.4, 0.5) is 11.9 Å². The highest BCUT2D eigenvalue weighted by Crippen LogP contribution is 2.27. The van der Waals surface area contributed by atoms with Crippen LogP contribution in [-0.2, 0) is 0 Å². The van der Waals surface area contributed by atoms with Crippen LogP contribution in [0, 0.1) is 0 Å². The summed E-state index contributed by atoms with van der Waals surface area (Å²) in [5, 5.41) is 12.0. The minimum Gasteiger partial charge on any atom is -0.463 e. The first-order chi connectivity index (χ1) is 10.3. The summed E-state index contributed by atoms with van der Waals surface area (Å²) in [5.74, 6) is 1.19. The van der Waals surface area contributed by atoms with Gasteiger partial charge in [0.15, 0.2) is 0 Å². The van der Waals surface area contributed by atoms with Crippen LogP contribution in [0.1, 0.15) is 39.0 Å². The van der Waals surface area contributed by atoms with Gasteiger partial charge in [0.05, 0.1) is 6.61 Å². The van der Waals surface area contributed by atoms with Crippen molar-refractivity contribution in [2.75, 3.05) is 37.0 Å². The molecule has 0 spiro atoms. The summed E-state index contributed by atoms with van der Waals surface area (Å²) < 4.78 is 5.55. The number of nitrogens with one attached hydrogen (secondary N) is 1. The van der Waals surface area contributed by atoms with E-state index >= 15 is 0 Å². The maximum atomic E-state index is 9.02. The summed E-state index contributed by atoms with van der Waals surface area (Å²) in [7, 11) is 1.79. The molecule has 1 aromatic rings. The van der Waals surface area contributed by atoms with Gasteiger partial charge >= 0.3 is 6.01 Å². The predicted octanol–water partition coefficient (Wildman–Crippen LogP) is 1.44. The number of nitrogens with zero attached hydrogens (tertiary/aromatic N) is 4. The normalized spacial score (nSPS) is 18.0. The van der Waals surface area contributed by atoms with E-state index in [1.807, 2.05) is 6.92 Å². The molecule has 0 bridgehead atoms. The molecule has 7 nitrogen and oxygen atoms in total. The lowest BCUT2D eigenvalue weighted by Gasteiger charge is -2.24. The molecular weight excluding hydrogens is 270 g/mol. The number of ether oxygens (including phenoxy) is 1. The number of hydrogen-bond acceptors (Lipinski definition) is 7. The molecule has 2 rings (SSSR count). The van der Waals surface area contributed by atoms with Gasteiger partial charge in [-0.15, -0.1) is 0 Å². The molecule has 1 unspecified atom stereocenters. The van der Waals surface area contributed by atoms with E-state index in [2.05, 4.69) is 25.2 Å². The van der Waals surface area contributed by atoms with E-state index in [-0.39, 0.29) is 6.61 Å². The molecule has 118 valence electrons. The fourth-order valence-corrected chi connectivity index (χ4v) is 2.57. The van der Waals surface area contributed by atoms with Crippen molar-refractivity contribution in [3.8, 4) is 6.01 Å². The van der Waals surface area contributed by atoms with Crippen LogP contribution in [-0.4, -0.2) is 52.9 Å². The maximum Gasteiger partial charge on any atom is 0.323 e. The summed E-state index contributed by atoms with van der Waals surface area (Å²) in [5.41, 5.74) is 0. The van der Waals surface area contributed by atoms with Gasteiger partial charge in [-0.05, 0) is 32.1 Å². The molecule has 0 aliphatic carbocycles. The maximum absolute atomic E-state index is 9.02. The monoisotopic (exact) mass is 295 g/mol. The van der Waals surface area contributed by atoms with Gasteiger partial charge in [-0.2, -0.15) is 15.0 Å². The van der Waals surface area contributed by atoms with Crippen molar-refractivity contribution in [1.82, 2.24) is 15.0 Å². The van der Waals surface area contributed by atoms with E-state index in [1.54, 1.807) is 7.05 Å². The fourth-order valence-electron chi connectivity index (χ4n) is 2.57. The van der Waals surface area contributed by atoms with E-state index < -0.39 is 0 Å². The number of aromatic nitrogens is 3. The van der Waals surface area contributed by atoms with Crippen molar-refractivity contribution in [3.05, 3.63) is 0 Å². The average molecular weight is 295 g/mol. The van der Waals surface area contributed by atoms with Crippen LogP contribution < -0.4 is 15.0 Å². The van der Waals surface area contributed by atoms with Crippen molar-refractivity contribution >= 4 is 11.9 Å². The summed E-state index contributed by atoms with van der Waals surface area (Å²) in [6.45, 7) is 3.82. The number of aliphatic hydroxyl groups excluding tert-OH is 1. The second-order valence-corrected chi connectivity index (χ2v) is 5.20. The SMILES string of the molecule is CCCOc1nc(NC)nc(N2CCCC2CCCO)n1. The quantitative estimate of drug-likeness (QED) is 0.751. The van der Waals surface area contributed by atoms with Gasteiger partial charge in [0, 0.05) is 26.2 Å². The Hall–Kier alpha value is -1.63. The van der Waals surface area contributed by atoms with Crippen molar-refractivity contribution < 1.29 is 9.84 Å². The van der Waals surface area contributed by atoms with E-state index in [4.69, 9.17) is 9.84 Å². The van der Waals surface area contributed by atoms with Gasteiger partial charge in [0.1, 0.15) is 0 Å². The lowest BCUT2D eigenvalue weighted by Crippen LogP contribution is -2.31. The van der Waals surface area contributed by atoms with Gasteiger partial charge in [-0.1, -0.05) is 6.92 Å². The Morgan fingerprint density at radius 1 is 1.38 bits per heavy atom. The zero-order chi connectivity index (χ0) is 15.1. The second kappa shape index (κ2) is 7.97. The standard InChI is InChI=1S/C14H25N5O2/c1-3-10-21-14-17-12(15-2)16-13(18-14)19-8-4-6-11(19)7-5-9-20/h11,20H,3-10H2,1-2H3,(H,15,16,17,18). The van der Waals surface area contributed by atoms with E-state index in [0.717, 1.165) is 38.6 Å². The molecule has 0 saturated carbocycles. The smallest absolute Gasteiger partial charge is 0.323 e. The summed E-state index contributed by atoms with van der Waals surface area (Å²) in [6.07, 6.45) is 4.93. The molecule has 21 heavy (non-hydrogen) atoms. The van der Waals surface area contributed by atoms with Gasteiger partial charge in [0.2, 0.25) is 11.9 Å². The largest absolute Gasteiger partial charge is 0.463 e. The summed E-state index contributed by atoms with van der Waals surface area (Å²) >= 11 is 0. The Kier molecular flexibility index (Phi) is 5.98. The van der Waals surface area contributed by atoms with Crippen LogP contribution in [0.25, 0.3) is 0 Å². The van der Waals surface area contributed by atoms with Crippen molar-refractivity contribution in [3.63, 3.8) is 0 Å². The third kappa shape index (κ3) is 4.17. The molecule has 1 saturated heterocycles. The number of aliphatic hydroxyl groups is 1. The number of anilines is 2. The first-order valence-corrected chi connectivity index (χ1v) is 7.72. The van der Waals surface area contributed by atoms with Crippen LogP contribution >= 0.6 is 0 Å². The molecule has 1 aromatic heterocycles. The van der Waals surface area contributed by atoms with Gasteiger partial charge < -0.3 is 20.1 Å². The highest BCUT2D eigenvalue weighted by atomic mass is 16.5. The first-order valence-electron chi connectivity index (χ1n) is 7.72. The molecule has 0 amide bonds. The van der Waals surface area contributed by atoms with Gasteiger partial charge in [0.25, 0.3) is 0 Å². The Labute approximate surface area is 125 Å². The average Bonchev–Trinajstić information content (AvgIpc) is 2.99. The minimum atomic E-state index is 0.230. The molecule has 2 heterocycles. The molecule has 1 aliphatic rings. The highest BCUT2D eigenvalue weighted by Gasteiger charge is 2.27. The van der Waals surface area contributed by atoms with Gasteiger partial charge in [-0.3, -0.25) is 0 Å². The molecular formula is C14H25N5O2. The number of rotatable bonds is 8. The Morgan fingerprint density at radius 2 is 2.24 bits per heavy atom. The van der Waals surface area contributed by atoms with Gasteiger partial charge in [-0.25, -0.2) is 0 Å². The zero-order valence-electron chi connectivity index (χ0n) is 12.9. The lowest BCUT2D eigenvalue weighted by atomic mass is 10.1.